The Morgan fingerprint density at radius 3 is 2.68 bits per heavy atom. The van der Waals surface area contributed by atoms with E-state index in [0.717, 1.165) is 30.8 Å². The number of hydrogen-bond acceptors (Lipinski definition) is 6. The van der Waals surface area contributed by atoms with Crippen molar-refractivity contribution in [2.75, 3.05) is 19.5 Å². The van der Waals surface area contributed by atoms with Crippen molar-refractivity contribution in [2.24, 2.45) is 0 Å². The van der Waals surface area contributed by atoms with Crippen molar-refractivity contribution in [1.82, 2.24) is 10.1 Å². The van der Waals surface area contributed by atoms with Crippen LogP contribution < -0.4 is 14.8 Å². The van der Waals surface area contributed by atoms with Gasteiger partial charge in [-0.05, 0) is 25.5 Å². The van der Waals surface area contributed by atoms with Crippen LogP contribution in [0.5, 0.6) is 11.5 Å². The molecule has 0 radical (unpaired) electrons. The lowest BCUT2D eigenvalue weighted by atomic mass is 10.2. The minimum absolute atomic E-state index is 0.0824. The standard InChI is InChI=1S/C16H23N3O3/c1-5-6-7-15-18-16(22-19-15)11(2)17-12-8-9-13(20-3)14(10-12)21-4/h8-11,17H,5-7H2,1-4H3. The summed E-state index contributed by atoms with van der Waals surface area (Å²) in [5, 5.41) is 7.33. The largest absolute Gasteiger partial charge is 0.493 e. The van der Waals surface area contributed by atoms with E-state index in [9.17, 15) is 0 Å². The number of ether oxygens (including phenoxy) is 2. The maximum Gasteiger partial charge on any atom is 0.248 e. The fourth-order valence-corrected chi connectivity index (χ4v) is 2.12. The van der Waals surface area contributed by atoms with E-state index in [-0.39, 0.29) is 6.04 Å². The number of anilines is 1. The molecule has 0 saturated heterocycles. The summed E-state index contributed by atoms with van der Waals surface area (Å²) in [5.41, 5.74) is 0.901. The average Bonchev–Trinajstić information content (AvgIpc) is 3.01. The third-order valence-corrected chi connectivity index (χ3v) is 3.37. The number of rotatable bonds is 8. The number of aromatic nitrogens is 2. The van der Waals surface area contributed by atoms with E-state index >= 15 is 0 Å². The van der Waals surface area contributed by atoms with Crippen molar-refractivity contribution < 1.29 is 14.0 Å². The molecule has 1 unspecified atom stereocenters. The number of hydrogen-bond donors (Lipinski definition) is 1. The van der Waals surface area contributed by atoms with Crippen molar-refractivity contribution in [1.29, 1.82) is 0 Å². The summed E-state index contributed by atoms with van der Waals surface area (Å²) in [6, 6.07) is 5.57. The first-order chi connectivity index (χ1) is 10.7. The summed E-state index contributed by atoms with van der Waals surface area (Å²) in [4.78, 5) is 4.42. The van der Waals surface area contributed by atoms with Crippen LogP contribution in [0.1, 0.15) is 44.4 Å². The second-order valence-corrected chi connectivity index (χ2v) is 5.09. The molecule has 1 aromatic heterocycles. The second-order valence-electron chi connectivity index (χ2n) is 5.09. The Hall–Kier alpha value is -2.24. The van der Waals surface area contributed by atoms with Gasteiger partial charge in [-0.15, -0.1) is 0 Å². The van der Waals surface area contributed by atoms with Crippen molar-refractivity contribution in [3.05, 3.63) is 29.9 Å². The van der Waals surface area contributed by atoms with E-state index in [1.807, 2.05) is 25.1 Å². The molecule has 2 aromatic rings. The van der Waals surface area contributed by atoms with Crippen LogP contribution in [-0.2, 0) is 6.42 Å². The predicted octanol–water partition coefficient (Wildman–Crippen LogP) is 3.60. The van der Waals surface area contributed by atoms with Gasteiger partial charge in [-0.1, -0.05) is 18.5 Å². The predicted molar refractivity (Wildman–Crippen MR) is 84.5 cm³/mol. The zero-order chi connectivity index (χ0) is 15.9. The average molecular weight is 305 g/mol. The number of nitrogens with one attached hydrogen (secondary N) is 1. The Morgan fingerprint density at radius 1 is 1.23 bits per heavy atom. The molecule has 0 saturated carbocycles. The van der Waals surface area contributed by atoms with Gasteiger partial charge >= 0.3 is 0 Å². The molecule has 1 atom stereocenters. The van der Waals surface area contributed by atoms with E-state index in [4.69, 9.17) is 14.0 Å². The van der Waals surface area contributed by atoms with Gasteiger partial charge in [0.15, 0.2) is 17.3 Å². The zero-order valence-corrected chi connectivity index (χ0v) is 13.5. The minimum atomic E-state index is -0.0824. The van der Waals surface area contributed by atoms with Gasteiger partial charge in [-0.2, -0.15) is 4.98 Å². The maximum absolute atomic E-state index is 5.32. The summed E-state index contributed by atoms with van der Waals surface area (Å²) in [7, 11) is 3.23. The molecule has 2 rings (SSSR count). The smallest absolute Gasteiger partial charge is 0.248 e. The first-order valence-electron chi connectivity index (χ1n) is 7.49. The molecule has 0 bridgehead atoms. The van der Waals surface area contributed by atoms with Gasteiger partial charge in [0.1, 0.15) is 6.04 Å². The first kappa shape index (κ1) is 16.1. The van der Waals surface area contributed by atoms with E-state index in [1.165, 1.54) is 0 Å². The SMILES string of the molecule is CCCCc1noc(C(C)Nc2ccc(OC)c(OC)c2)n1. The molecular formula is C16H23N3O3. The molecule has 0 aliphatic heterocycles. The number of benzene rings is 1. The lowest BCUT2D eigenvalue weighted by molar-refractivity contribution is 0.354. The second kappa shape index (κ2) is 7.68. The molecule has 22 heavy (non-hydrogen) atoms. The van der Waals surface area contributed by atoms with Gasteiger partial charge in [-0.25, -0.2) is 0 Å². The lowest BCUT2D eigenvalue weighted by Gasteiger charge is -2.14. The van der Waals surface area contributed by atoms with Crippen LogP contribution in [0.4, 0.5) is 5.69 Å². The van der Waals surface area contributed by atoms with Crippen molar-refractivity contribution >= 4 is 5.69 Å². The Bertz CT molecular complexity index is 598. The molecule has 6 heteroatoms. The summed E-state index contributed by atoms with van der Waals surface area (Å²) < 4.78 is 15.8. The fourth-order valence-electron chi connectivity index (χ4n) is 2.12. The summed E-state index contributed by atoms with van der Waals surface area (Å²) in [5.74, 6) is 2.72. The number of nitrogens with zero attached hydrogens (tertiary/aromatic N) is 2. The number of unbranched alkanes of at least 4 members (excludes halogenated alkanes) is 1. The van der Waals surface area contributed by atoms with Crippen LogP contribution in [0.3, 0.4) is 0 Å². The van der Waals surface area contributed by atoms with Crippen LogP contribution in [0.25, 0.3) is 0 Å². The van der Waals surface area contributed by atoms with Gasteiger partial charge in [-0.3, -0.25) is 0 Å². The normalized spacial score (nSPS) is 12.0. The molecule has 1 heterocycles. The highest BCUT2D eigenvalue weighted by Gasteiger charge is 2.15. The van der Waals surface area contributed by atoms with Crippen LogP contribution in [-0.4, -0.2) is 24.4 Å². The van der Waals surface area contributed by atoms with Crippen molar-refractivity contribution in [3.8, 4) is 11.5 Å². The van der Waals surface area contributed by atoms with Gasteiger partial charge < -0.3 is 19.3 Å². The Kier molecular flexibility index (Phi) is 5.63. The Balaban J connectivity index is 2.04. The monoisotopic (exact) mass is 305 g/mol. The third kappa shape index (κ3) is 3.90. The molecule has 0 aliphatic rings. The zero-order valence-electron chi connectivity index (χ0n) is 13.5. The van der Waals surface area contributed by atoms with Crippen LogP contribution in [0.2, 0.25) is 0 Å². The Morgan fingerprint density at radius 2 is 2.00 bits per heavy atom. The highest BCUT2D eigenvalue weighted by Crippen LogP contribution is 2.31. The minimum Gasteiger partial charge on any atom is -0.493 e. The molecule has 1 N–H and O–H groups in total. The van der Waals surface area contributed by atoms with Crippen molar-refractivity contribution in [3.63, 3.8) is 0 Å². The molecule has 0 amide bonds. The third-order valence-electron chi connectivity index (χ3n) is 3.37. The van der Waals surface area contributed by atoms with E-state index in [1.54, 1.807) is 14.2 Å². The lowest BCUT2D eigenvalue weighted by Crippen LogP contribution is -2.07. The van der Waals surface area contributed by atoms with Gasteiger partial charge in [0.2, 0.25) is 5.89 Å². The molecule has 0 fully saturated rings. The van der Waals surface area contributed by atoms with Crippen LogP contribution in [0.15, 0.2) is 22.7 Å². The van der Waals surface area contributed by atoms with Crippen LogP contribution in [0, 0.1) is 0 Å². The van der Waals surface area contributed by atoms with E-state index in [2.05, 4.69) is 22.4 Å². The Labute approximate surface area is 130 Å². The number of methoxy groups -OCH3 is 2. The highest BCUT2D eigenvalue weighted by atomic mass is 16.5. The highest BCUT2D eigenvalue weighted by molar-refractivity contribution is 5.55. The van der Waals surface area contributed by atoms with E-state index in [0.29, 0.717) is 17.4 Å². The first-order valence-corrected chi connectivity index (χ1v) is 7.49. The van der Waals surface area contributed by atoms with Gasteiger partial charge in [0, 0.05) is 18.2 Å². The van der Waals surface area contributed by atoms with Gasteiger partial charge in [0.25, 0.3) is 0 Å². The summed E-state index contributed by atoms with van der Waals surface area (Å²) >= 11 is 0. The maximum atomic E-state index is 5.32. The molecule has 6 nitrogen and oxygen atoms in total. The topological polar surface area (TPSA) is 69.4 Å². The van der Waals surface area contributed by atoms with E-state index < -0.39 is 0 Å². The molecule has 0 spiro atoms. The fraction of sp³-hybridized carbons (Fsp3) is 0.500. The summed E-state index contributed by atoms with van der Waals surface area (Å²) in [6.45, 7) is 4.12. The molecule has 1 aromatic carbocycles. The molecular weight excluding hydrogens is 282 g/mol. The molecule has 120 valence electrons. The van der Waals surface area contributed by atoms with Crippen molar-refractivity contribution in [2.45, 2.75) is 39.2 Å². The van der Waals surface area contributed by atoms with Gasteiger partial charge in [0.05, 0.1) is 14.2 Å². The molecule has 0 aliphatic carbocycles. The number of aryl methyl sites for hydroxylation is 1. The van der Waals surface area contributed by atoms with Crippen LogP contribution >= 0.6 is 0 Å². The quantitative estimate of drug-likeness (QED) is 0.803. The summed E-state index contributed by atoms with van der Waals surface area (Å²) in [6.07, 6.45) is 3.03.